The third kappa shape index (κ3) is 1.12. The monoisotopic (exact) mass is 139 g/mol. The molecule has 1 aromatic rings. The lowest BCUT2D eigenvalue weighted by Gasteiger charge is -2.21. The van der Waals surface area contributed by atoms with Gasteiger partial charge in [-0.15, -0.1) is 0 Å². The van der Waals surface area contributed by atoms with Gasteiger partial charge in [0, 0.05) is 17.9 Å². The summed E-state index contributed by atoms with van der Waals surface area (Å²) in [5, 5.41) is 0. The van der Waals surface area contributed by atoms with Crippen LogP contribution in [-0.4, -0.2) is 9.55 Å². The molecule has 0 atom stereocenters. The van der Waals surface area contributed by atoms with Crippen LogP contribution in [0.2, 0.25) is 0 Å². The molecule has 0 fully saturated rings. The van der Waals surface area contributed by atoms with E-state index in [4.69, 9.17) is 5.73 Å². The van der Waals surface area contributed by atoms with E-state index in [0.717, 1.165) is 0 Å². The molecule has 0 radical (unpaired) electrons. The van der Waals surface area contributed by atoms with Crippen LogP contribution in [0.5, 0.6) is 0 Å². The van der Waals surface area contributed by atoms with Gasteiger partial charge in [0.15, 0.2) is 0 Å². The van der Waals surface area contributed by atoms with Crippen LogP contribution in [0, 0.1) is 0 Å². The minimum absolute atomic E-state index is 0.0422. The molecule has 3 nitrogen and oxygen atoms in total. The molecule has 1 aromatic heterocycles. The van der Waals surface area contributed by atoms with Crippen LogP contribution >= 0.6 is 0 Å². The quantitative estimate of drug-likeness (QED) is 0.587. The zero-order chi connectivity index (χ0) is 7.78. The summed E-state index contributed by atoms with van der Waals surface area (Å²) in [4.78, 5) is 3.92. The predicted molar refractivity (Wildman–Crippen MR) is 41.6 cm³/mol. The topological polar surface area (TPSA) is 43.8 Å². The molecule has 0 aliphatic rings. The van der Waals surface area contributed by atoms with Crippen molar-refractivity contribution in [2.45, 2.75) is 26.3 Å². The average molecular weight is 139 g/mol. The maximum absolute atomic E-state index is 5.58. The molecule has 3 heteroatoms. The summed E-state index contributed by atoms with van der Waals surface area (Å²) in [6.07, 6.45) is 3.59. The highest BCUT2D eigenvalue weighted by Crippen LogP contribution is 2.16. The molecule has 0 aromatic carbocycles. The van der Waals surface area contributed by atoms with Gasteiger partial charge in [-0.25, -0.2) is 4.98 Å². The lowest BCUT2D eigenvalue weighted by Crippen LogP contribution is -2.22. The Labute approximate surface area is 60.9 Å². The van der Waals surface area contributed by atoms with Crippen LogP contribution in [0.3, 0.4) is 0 Å². The maximum Gasteiger partial charge on any atom is 0.200 e. The van der Waals surface area contributed by atoms with Crippen LogP contribution in [0.1, 0.15) is 20.8 Å². The standard InChI is InChI=1S/C7H13N3/c1-7(2,3)10-5-4-9-6(10)8/h4-5H,1-3H3,(H2,8,9). The van der Waals surface area contributed by atoms with Crippen molar-refractivity contribution in [2.24, 2.45) is 0 Å². The van der Waals surface area contributed by atoms with Gasteiger partial charge in [-0.2, -0.15) is 0 Å². The second kappa shape index (κ2) is 2.01. The number of hydrogen-bond donors (Lipinski definition) is 1. The molecule has 1 heterocycles. The molecule has 1 rings (SSSR count). The van der Waals surface area contributed by atoms with E-state index in [1.54, 1.807) is 6.20 Å². The van der Waals surface area contributed by atoms with Crippen molar-refractivity contribution in [3.05, 3.63) is 12.4 Å². The molecule has 0 bridgehead atoms. The highest BCUT2D eigenvalue weighted by molar-refractivity contribution is 5.18. The van der Waals surface area contributed by atoms with Gasteiger partial charge in [0.2, 0.25) is 5.95 Å². The third-order valence-corrected chi connectivity index (χ3v) is 1.39. The SMILES string of the molecule is CC(C)(C)n1ccnc1N. The molecule has 0 amide bonds. The highest BCUT2D eigenvalue weighted by Gasteiger charge is 2.13. The Bertz CT molecular complexity index is 219. The lowest BCUT2D eigenvalue weighted by molar-refractivity contribution is 0.403. The van der Waals surface area contributed by atoms with Gasteiger partial charge >= 0.3 is 0 Å². The summed E-state index contributed by atoms with van der Waals surface area (Å²) in [5.74, 6) is 0.576. The highest BCUT2D eigenvalue weighted by atomic mass is 15.2. The number of imidazole rings is 1. The second-order valence-electron chi connectivity index (χ2n) is 3.33. The first kappa shape index (κ1) is 7.12. The summed E-state index contributed by atoms with van der Waals surface area (Å²) in [7, 11) is 0. The molecule has 0 aliphatic heterocycles. The lowest BCUT2D eigenvalue weighted by atomic mass is 10.1. The minimum atomic E-state index is 0.0422. The first-order valence-electron chi connectivity index (χ1n) is 3.31. The van der Waals surface area contributed by atoms with E-state index < -0.39 is 0 Å². The number of anilines is 1. The molecular formula is C7H13N3. The van der Waals surface area contributed by atoms with E-state index >= 15 is 0 Å². The van der Waals surface area contributed by atoms with Crippen molar-refractivity contribution in [3.63, 3.8) is 0 Å². The van der Waals surface area contributed by atoms with Crippen LogP contribution in [0.25, 0.3) is 0 Å². The Balaban J connectivity index is 3.05. The molecule has 0 saturated heterocycles. The molecule has 10 heavy (non-hydrogen) atoms. The van der Waals surface area contributed by atoms with Crippen LogP contribution in [0.15, 0.2) is 12.4 Å². The zero-order valence-corrected chi connectivity index (χ0v) is 6.63. The Morgan fingerprint density at radius 2 is 2.10 bits per heavy atom. The zero-order valence-electron chi connectivity index (χ0n) is 6.63. The van der Waals surface area contributed by atoms with Crippen molar-refractivity contribution in [3.8, 4) is 0 Å². The van der Waals surface area contributed by atoms with E-state index in [-0.39, 0.29) is 5.54 Å². The van der Waals surface area contributed by atoms with E-state index in [0.29, 0.717) is 5.95 Å². The van der Waals surface area contributed by atoms with Crippen molar-refractivity contribution >= 4 is 5.95 Å². The summed E-state index contributed by atoms with van der Waals surface area (Å²) < 4.78 is 1.94. The first-order valence-corrected chi connectivity index (χ1v) is 3.31. The van der Waals surface area contributed by atoms with Gasteiger partial charge in [0.25, 0.3) is 0 Å². The molecular weight excluding hydrogens is 126 g/mol. The van der Waals surface area contributed by atoms with Crippen molar-refractivity contribution in [1.29, 1.82) is 0 Å². The molecule has 0 aliphatic carbocycles. The fraction of sp³-hybridized carbons (Fsp3) is 0.571. The summed E-state index contributed by atoms with van der Waals surface area (Å²) in [6, 6.07) is 0. The first-order chi connectivity index (χ1) is 4.52. The molecule has 0 spiro atoms. The van der Waals surface area contributed by atoms with Crippen LogP contribution in [-0.2, 0) is 5.54 Å². The smallest absolute Gasteiger partial charge is 0.200 e. The number of nitrogens with zero attached hydrogens (tertiary/aromatic N) is 2. The summed E-state index contributed by atoms with van der Waals surface area (Å²) in [5.41, 5.74) is 5.62. The fourth-order valence-corrected chi connectivity index (χ4v) is 0.882. The van der Waals surface area contributed by atoms with Crippen LogP contribution in [0.4, 0.5) is 5.95 Å². The Morgan fingerprint density at radius 1 is 1.50 bits per heavy atom. The number of aromatic nitrogens is 2. The normalized spacial score (nSPS) is 11.9. The van der Waals surface area contributed by atoms with Gasteiger partial charge in [0.05, 0.1) is 0 Å². The summed E-state index contributed by atoms with van der Waals surface area (Å²) in [6.45, 7) is 6.26. The number of rotatable bonds is 0. The molecule has 0 unspecified atom stereocenters. The Morgan fingerprint density at radius 3 is 2.30 bits per heavy atom. The minimum Gasteiger partial charge on any atom is -0.369 e. The number of nitrogens with two attached hydrogens (primary N) is 1. The summed E-state index contributed by atoms with van der Waals surface area (Å²) >= 11 is 0. The van der Waals surface area contributed by atoms with Crippen molar-refractivity contribution in [2.75, 3.05) is 5.73 Å². The third-order valence-electron chi connectivity index (χ3n) is 1.39. The molecule has 0 saturated carbocycles. The molecule has 2 N–H and O–H groups in total. The van der Waals surface area contributed by atoms with E-state index in [2.05, 4.69) is 25.8 Å². The van der Waals surface area contributed by atoms with E-state index in [1.807, 2.05) is 10.8 Å². The van der Waals surface area contributed by atoms with Gasteiger partial charge in [-0.1, -0.05) is 0 Å². The average Bonchev–Trinajstić information content (AvgIpc) is 2.11. The predicted octanol–water partition coefficient (Wildman–Crippen LogP) is 1.22. The Hall–Kier alpha value is -0.990. The van der Waals surface area contributed by atoms with Gasteiger partial charge < -0.3 is 10.3 Å². The van der Waals surface area contributed by atoms with Crippen molar-refractivity contribution < 1.29 is 0 Å². The van der Waals surface area contributed by atoms with Gasteiger partial charge in [-0.05, 0) is 20.8 Å². The maximum atomic E-state index is 5.58. The van der Waals surface area contributed by atoms with Gasteiger partial charge in [0.1, 0.15) is 0 Å². The van der Waals surface area contributed by atoms with Crippen molar-refractivity contribution in [1.82, 2.24) is 9.55 Å². The molecule has 56 valence electrons. The number of nitrogen functional groups attached to an aromatic ring is 1. The second-order valence-corrected chi connectivity index (χ2v) is 3.33. The Kier molecular flexibility index (Phi) is 1.43. The fourth-order valence-electron chi connectivity index (χ4n) is 0.882. The number of hydrogen-bond acceptors (Lipinski definition) is 2. The van der Waals surface area contributed by atoms with E-state index in [1.165, 1.54) is 0 Å². The largest absolute Gasteiger partial charge is 0.369 e. The van der Waals surface area contributed by atoms with E-state index in [9.17, 15) is 0 Å². The van der Waals surface area contributed by atoms with Crippen LogP contribution < -0.4 is 5.73 Å². The van der Waals surface area contributed by atoms with Gasteiger partial charge in [-0.3, -0.25) is 0 Å².